The van der Waals surface area contributed by atoms with Gasteiger partial charge in [0, 0.05) is 11.4 Å². The first-order valence-electron chi connectivity index (χ1n) is 9.90. The largest absolute Gasteiger partial charge is 0.457 e. The number of hydrogen-bond donors (Lipinski definition) is 2. The number of carbonyl (C=O) groups excluding carboxylic acids is 1. The molecule has 1 amide bonds. The van der Waals surface area contributed by atoms with Gasteiger partial charge in [-0.25, -0.2) is 0 Å². The molecule has 1 unspecified atom stereocenters. The van der Waals surface area contributed by atoms with Crippen LogP contribution in [0.5, 0.6) is 11.5 Å². The first kappa shape index (κ1) is 20.9. The molecule has 3 aromatic rings. The maximum Gasteiger partial charge on any atom is 0.246 e. The molecule has 152 valence electrons. The number of carbonyl (C=O) groups is 1. The van der Waals surface area contributed by atoms with E-state index in [4.69, 9.17) is 10.00 Å². The van der Waals surface area contributed by atoms with Crippen LogP contribution in [0.3, 0.4) is 0 Å². The molecular weight excluding hydrogens is 374 g/mol. The van der Waals surface area contributed by atoms with E-state index >= 15 is 0 Å². The van der Waals surface area contributed by atoms with Gasteiger partial charge in [-0.3, -0.25) is 4.79 Å². The van der Waals surface area contributed by atoms with Crippen LogP contribution in [-0.2, 0) is 4.79 Å². The summed E-state index contributed by atoms with van der Waals surface area (Å²) in [5, 5.41) is 15.1. The average Bonchev–Trinajstić information content (AvgIpc) is 2.76. The summed E-state index contributed by atoms with van der Waals surface area (Å²) < 4.78 is 5.78. The van der Waals surface area contributed by atoms with E-state index in [0.29, 0.717) is 23.0 Å². The SMILES string of the molecule is CC(Nc1ccc(Oc2ccc(C#N)cc2)cc1)C(=O)Nc1ccccc1C(C)C. The molecule has 3 rings (SSSR count). The van der Waals surface area contributed by atoms with Gasteiger partial charge in [-0.1, -0.05) is 32.0 Å². The molecule has 30 heavy (non-hydrogen) atoms. The lowest BCUT2D eigenvalue weighted by molar-refractivity contribution is -0.116. The third kappa shape index (κ3) is 5.39. The van der Waals surface area contributed by atoms with Crippen molar-refractivity contribution in [2.75, 3.05) is 10.6 Å². The van der Waals surface area contributed by atoms with Crippen LogP contribution in [0, 0.1) is 11.3 Å². The summed E-state index contributed by atoms with van der Waals surface area (Å²) in [7, 11) is 0. The highest BCUT2D eigenvalue weighted by atomic mass is 16.5. The Morgan fingerprint density at radius 2 is 1.50 bits per heavy atom. The van der Waals surface area contributed by atoms with Gasteiger partial charge in [0.15, 0.2) is 0 Å². The number of benzene rings is 3. The number of amides is 1. The van der Waals surface area contributed by atoms with Crippen molar-refractivity contribution in [3.63, 3.8) is 0 Å². The maximum atomic E-state index is 12.6. The number of hydrogen-bond acceptors (Lipinski definition) is 4. The molecular formula is C25H25N3O2. The zero-order valence-corrected chi connectivity index (χ0v) is 17.3. The predicted octanol–water partition coefficient (Wildman–Crippen LogP) is 5.91. The lowest BCUT2D eigenvalue weighted by Crippen LogP contribution is -2.32. The fourth-order valence-corrected chi connectivity index (χ4v) is 3.02. The molecule has 0 aliphatic heterocycles. The summed E-state index contributed by atoms with van der Waals surface area (Å²) in [6.07, 6.45) is 0. The summed E-state index contributed by atoms with van der Waals surface area (Å²) in [5.41, 5.74) is 3.37. The van der Waals surface area contributed by atoms with Gasteiger partial charge >= 0.3 is 0 Å². The molecule has 5 nitrogen and oxygen atoms in total. The summed E-state index contributed by atoms with van der Waals surface area (Å²) in [5.74, 6) is 1.56. The van der Waals surface area contributed by atoms with Crippen LogP contribution in [0.4, 0.5) is 11.4 Å². The molecule has 0 bridgehead atoms. The number of para-hydroxylation sites is 1. The number of ether oxygens (including phenoxy) is 1. The molecule has 3 aromatic carbocycles. The smallest absolute Gasteiger partial charge is 0.246 e. The molecule has 0 aromatic heterocycles. The van der Waals surface area contributed by atoms with Crippen LogP contribution in [0.25, 0.3) is 0 Å². The molecule has 0 fully saturated rings. The summed E-state index contributed by atoms with van der Waals surface area (Å²) in [6, 6.07) is 23.9. The highest BCUT2D eigenvalue weighted by molar-refractivity contribution is 5.96. The first-order valence-corrected chi connectivity index (χ1v) is 9.90. The van der Waals surface area contributed by atoms with Crippen molar-refractivity contribution in [1.29, 1.82) is 5.26 Å². The van der Waals surface area contributed by atoms with Gasteiger partial charge in [0.25, 0.3) is 0 Å². The van der Waals surface area contributed by atoms with E-state index in [1.54, 1.807) is 24.3 Å². The van der Waals surface area contributed by atoms with E-state index in [1.807, 2.05) is 55.5 Å². The number of nitrogens with one attached hydrogen (secondary N) is 2. The van der Waals surface area contributed by atoms with Crippen LogP contribution in [-0.4, -0.2) is 11.9 Å². The van der Waals surface area contributed by atoms with Gasteiger partial charge in [0.05, 0.1) is 11.6 Å². The van der Waals surface area contributed by atoms with Gasteiger partial charge < -0.3 is 15.4 Å². The third-order valence-electron chi connectivity index (χ3n) is 4.69. The molecule has 0 saturated heterocycles. The van der Waals surface area contributed by atoms with Crippen molar-refractivity contribution >= 4 is 17.3 Å². The number of nitriles is 1. The van der Waals surface area contributed by atoms with Crippen LogP contribution in [0.1, 0.15) is 37.8 Å². The highest BCUT2D eigenvalue weighted by Crippen LogP contribution is 2.25. The summed E-state index contributed by atoms with van der Waals surface area (Å²) >= 11 is 0. The third-order valence-corrected chi connectivity index (χ3v) is 4.69. The Hall–Kier alpha value is -3.78. The van der Waals surface area contributed by atoms with Gasteiger partial charge in [0.2, 0.25) is 5.91 Å². The fraction of sp³-hybridized carbons (Fsp3) is 0.200. The molecule has 0 radical (unpaired) electrons. The maximum absolute atomic E-state index is 12.6. The van der Waals surface area contributed by atoms with Gasteiger partial charge in [0.1, 0.15) is 17.5 Å². The quantitative estimate of drug-likeness (QED) is 0.518. The zero-order valence-electron chi connectivity index (χ0n) is 17.3. The number of nitrogens with zero attached hydrogens (tertiary/aromatic N) is 1. The average molecular weight is 399 g/mol. The molecule has 0 aliphatic carbocycles. The predicted molar refractivity (Wildman–Crippen MR) is 120 cm³/mol. The Morgan fingerprint density at radius 3 is 2.10 bits per heavy atom. The zero-order chi connectivity index (χ0) is 21.5. The second-order valence-corrected chi connectivity index (χ2v) is 7.36. The molecule has 0 heterocycles. The number of rotatable bonds is 7. The van der Waals surface area contributed by atoms with E-state index in [-0.39, 0.29) is 5.91 Å². The Kier molecular flexibility index (Phi) is 6.71. The Bertz CT molecular complexity index is 1040. The fourth-order valence-electron chi connectivity index (χ4n) is 3.02. The molecule has 2 N–H and O–H groups in total. The topological polar surface area (TPSA) is 74.1 Å². The Balaban J connectivity index is 1.59. The second kappa shape index (κ2) is 9.62. The molecule has 5 heteroatoms. The highest BCUT2D eigenvalue weighted by Gasteiger charge is 2.15. The van der Waals surface area contributed by atoms with Gasteiger partial charge in [-0.05, 0) is 73.0 Å². The van der Waals surface area contributed by atoms with Crippen LogP contribution in [0.15, 0.2) is 72.8 Å². The molecule has 0 aliphatic rings. The van der Waals surface area contributed by atoms with Crippen LogP contribution in [0.2, 0.25) is 0 Å². The Morgan fingerprint density at radius 1 is 0.900 bits per heavy atom. The van der Waals surface area contributed by atoms with Crippen molar-refractivity contribution < 1.29 is 9.53 Å². The molecule has 0 saturated carbocycles. The van der Waals surface area contributed by atoms with E-state index < -0.39 is 6.04 Å². The first-order chi connectivity index (χ1) is 14.5. The minimum Gasteiger partial charge on any atom is -0.457 e. The van der Waals surface area contributed by atoms with Gasteiger partial charge in [-0.15, -0.1) is 0 Å². The summed E-state index contributed by atoms with van der Waals surface area (Å²) in [4.78, 5) is 12.6. The van der Waals surface area contributed by atoms with E-state index in [9.17, 15) is 4.79 Å². The monoisotopic (exact) mass is 399 g/mol. The Labute approximate surface area is 177 Å². The van der Waals surface area contributed by atoms with Gasteiger partial charge in [-0.2, -0.15) is 5.26 Å². The molecule has 1 atom stereocenters. The van der Waals surface area contributed by atoms with Crippen LogP contribution >= 0.6 is 0 Å². The standard InChI is InChI=1S/C25H25N3O2/c1-17(2)23-6-4-5-7-24(23)28-25(29)18(3)27-20-10-14-22(15-11-20)30-21-12-8-19(16-26)9-13-21/h4-15,17-18,27H,1-3H3,(H,28,29). The lowest BCUT2D eigenvalue weighted by atomic mass is 10.0. The molecule has 0 spiro atoms. The lowest BCUT2D eigenvalue weighted by Gasteiger charge is -2.18. The van der Waals surface area contributed by atoms with E-state index in [2.05, 4.69) is 30.6 Å². The normalized spacial score (nSPS) is 11.4. The van der Waals surface area contributed by atoms with Crippen molar-refractivity contribution in [3.8, 4) is 17.6 Å². The van der Waals surface area contributed by atoms with E-state index in [1.165, 1.54) is 0 Å². The minimum atomic E-state index is -0.407. The van der Waals surface area contributed by atoms with Crippen molar-refractivity contribution in [2.24, 2.45) is 0 Å². The van der Waals surface area contributed by atoms with E-state index in [0.717, 1.165) is 16.9 Å². The van der Waals surface area contributed by atoms with Crippen molar-refractivity contribution in [2.45, 2.75) is 32.7 Å². The van der Waals surface area contributed by atoms with Crippen molar-refractivity contribution in [1.82, 2.24) is 0 Å². The van der Waals surface area contributed by atoms with Crippen molar-refractivity contribution in [3.05, 3.63) is 83.9 Å². The minimum absolute atomic E-state index is 0.0963. The van der Waals surface area contributed by atoms with Crippen LogP contribution < -0.4 is 15.4 Å². The second-order valence-electron chi connectivity index (χ2n) is 7.36. The summed E-state index contributed by atoms with van der Waals surface area (Å²) in [6.45, 7) is 6.04. The number of anilines is 2.